The highest BCUT2D eigenvalue weighted by Crippen LogP contribution is 2.25. The van der Waals surface area contributed by atoms with Crippen molar-refractivity contribution in [1.82, 2.24) is 9.97 Å². The van der Waals surface area contributed by atoms with Gasteiger partial charge < -0.3 is 5.32 Å². The van der Waals surface area contributed by atoms with Crippen LogP contribution in [0.1, 0.15) is 15.6 Å². The highest BCUT2D eigenvalue weighted by Gasteiger charge is 2.11. The maximum atomic E-state index is 10.6. The summed E-state index contributed by atoms with van der Waals surface area (Å²) in [7, 11) is 0. The predicted molar refractivity (Wildman–Crippen MR) is 77.5 cm³/mol. The summed E-state index contributed by atoms with van der Waals surface area (Å²) in [5.41, 5.74) is 0.924. The van der Waals surface area contributed by atoms with Crippen molar-refractivity contribution in [1.29, 1.82) is 0 Å². The SMILES string of the molecule is Cc1nc(CNc2ncc([N+](=O)[O-])cc2Br)c(C)s1. The Hall–Kier alpha value is -1.54. The Kier molecular flexibility index (Phi) is 4.11. The van der Waals surface area contributed by atoms with E-state index in [0.29, 0.717) is 16.8 Å². The maximum Gasteiger partial charge on any atom is 0.288 e. The summed E-state index contributed by atoms with van der Waals surface area (Å²) in [6.07, 6.45) is 1.23. The molecule has 19 heavy (non-hydrogen) atoms. The lowest BCUT2D eigenvalue weighted by Gasteiger charge is -2.06. The molecule has 6 nitrogen and oxygen atoms in total. The van der Waals surface area contributed by atoms with Gasteiger partial charge >= 0.3 is 0 Å². The van der Waals surface area contributed by atoms with Gasteiger partial charge in [-0.1, -0.05) is 0 Å². The number of anilines is 1. The first-order valence-electron chi connectivity index (χ1n) is 5.44. The molecule has 2 aromatic rings. The fourth-order valence-corrected chi connectivity index (χ4v) is 2.87. The Labute approximate surface area is 122 Å². The number of hydrogen-bond acceptors (Lipinski definition) is 6. The average Bonchev–Trinajstić information content (AvgIpc) is 2.66. The minimum atomic E-state index is -0.477. The molecule has 0 amide bonds. The molecule has 2 aromatic heterocycles. The Morgan fingerprint density at radius 1 is 1.53 bits per heavy atom. The molecule has 0 atom stereocenters. The fourth-order valence-electron chi connectivity index (χ4n) is 1.56. The first kappa shape index (κ1) is 13.9. The number of aromatic nitrogens is 2. The number of nitrogens with zero attached hydrogens (tertiary/aromatic N) is 3. The lowest BCUT2D eigenvalue weighted by atomic mass is 10.3. The molecule has 8 heteroatoms. The quantitative estimate of drug-likeness (QED) is 0.679. The van der Waals surface area contributed by atoms with E-state index in [1.54, 1.807) is 11.3 Å². The van der Waals surface area contributed by atoms with Gasteiger partial charge in [0.1, 0.15) is 12.0 Å². The van der Waals surface area contributed by atoms with Gasteiger partial charge in [0, 0.05) is 10.9 Å². The minimum absolute atomic E-state index is 0.0434. The van der Waals surface area contributed by atoms with Gasteiger partial charge in [-0.3, -0.25) is 10.1 Å². The third-order valence-electron chi connectivity index (χ3n) is 2.46. The molecule has 2 rings (SSSR count). The summed E-state index contributed by atoms with van der Waals surface area (Å²) in [5.74, 6) is 0.565. The van der Waals surface area contributed by atoms with Gasteiger partial charge in [-0.25, -0.2) is 9.97 Å². The molecular weight excluding hydrogens is 332 g/mol. The van der Waals surface area contributed by atoms with Crippen molar-refractivity contribution in [2.75, 3.05) is 5.32 Å². The number of pyridine rings is 1. The molecule has 0 aliphatic carbocycles. The molecule has 100 valence electrons. The Morgan fingerprint density at radius 3 is 2.79 bits per heavy atom. The lowest BCUT2D eigenvalue weighted by Crippen LogP contribution is -2.04. The second-order valence-electron chi connectivity index (χ2n) is 3.87. The monoisotopic (exact) mass is 342 g/mol. The van der Waals surface area contributed by atoms with E-state index in [0.717, 1.165) is 15.6 Å². The van der Waals surface area contributed by atoms with Gasteiger partial charge in [-0.15, -0.1) is 11.3 Å². The number of nitrogens with one attached hydrogen (secondary N) is 1. The molecule has 0 aliphatic heterocycles. The van der Waals surface area contributed by atoms with Crippen LogP contribution in [0.3, 0.4) is 0 Å². The first-order chi connectivity index (χ1) is 8.97. The van der Waals surface area contributed by atoms with Crippen molar-refractivity contribution >= 4 is 38.8 Å². The zero-order chi connectivity index (χ0) is 14.0. The van der Waals surface area contributed by atoms with Crippen molar-refractivity contribution in [3.63, 3.8) is 0 Å². The molecule has 0 radical (unpaired) electrons. The zero-order valence-corrected chi connectivity index (χ0v) is 12.7. The van der Waals surface area contributed by atoms with Crippen molar-refractivity contribution in [2.24, 2.45) is 0 Å². The molecular formula is C11H11BrN4O2S. The summed E-state index contributed by atoms with van der Waals surface area (Å²) in [6.45, 7) is 4.51. The van der Waals surface area contributed by atoms with E-state index in [9.17, 15) is 10.1 Å². The lowest BCUT2D eigenvalue weighted by molar-refractivity contribution is -0.385. The second kappa shape index (κ2) is 5.62. The fraction of sp³-hybridized carbons (Fsp3) is 0.273. The maximum absolute atomic E-state index is 10.6. The van der Waals surface area contributed by atoms with E-state index in [-0.39, 0.29) is 5.69 Å². The second-order valence-corrected chi connectivity index (χ2v) is 6.13. The van der Waals surface area contributed by atoms with Crippen molar-refractivity contribution in [3.05, 3.63) is 42.4 Å². The summed E-state index contributed by atoms with van der Waals surface area (Å²) >= 11 is 4.91. The highest BCUT2D eigenvalue weighted by molar-refractivity contribution is 9.10. The van der Waals surface area contributed by atoms with E-state index in [1.165, 1.54) is 12.3 Å². The van der Waals surface area contributed by atoms with Crippen LogP contribution in [0.2, 0.25) is 0 Å². The number of thiazole rings is 1. The predicted octanol–water partition coefficient (Wildman–Crippen LogP) is 3.44. The topological polar surface area (TPSA) is 81.0 Å². The van der Waals surface area contributed by atoms with E-state index in [1.807, 2.05) is 13.8 Å². The van der Waals surface area contributed by atoms with Crippen LogP contribution in [0, 0.1) is 24.0 Å². The molecule has 0 aromatic carbocycles. The summed E-state index contributed by atoms with van der Waals surface area (Å²) in [6, 6.07) is 1.43. The average molecular weight is 343 g/mol. The Bertz CT molecular complexity index is 629. The van der Waals surface area contributed by atoms with Crippen LogP contribution in [-0.4, -0.2) is 14.9 Å². The molecule has 0 aliphatic rings. The van der Waals surface area contributed by atoms with Crippen LogP contribution in [0.4, 0.5) is 11.5 Å². The normalized spacial score (nSPS) is 10.5. The number of halogens is 1. The Morgan fingerprint density at radius 2 is 2.26 bits per heavy atom. The van der Waals surface area contributed by atoms with Crippen molar-refractivity contribution in [2.45, 2.75) is 20.4 Å². The number of hydrogen-bond donors (Lipinski definition) is 1. The van der Waals surface area contributed by atoms with Gasteiger partial charge in [0.05, 0.1) is 26.6 Å². The van der Waals surface area contributed by atoms with Crippen molar-refractivity contribution < 1.29 is 4.92 Å². The molecule has 0 spiro atoms. The van der Waals surface area contributed by atoms with E-state index >= 15 is 0 Å². The van der Waals surface area contributed by atoms with E-state index in [2.05, 4.69) is 31.2 Å². The van der Waals surface area contributed by atoms with E-state index in [4.69, 9.17) is 0 Å². The van der Waals surface area contributed by atoms with Gasteiger partial charge in [0.15, 0.2) is 0 Å². The molecule has 1 N–H and O–H groups in total. The van der Waals surface area contributed by atoms with Crippen LogP contribution < -0.4 is 5.32 Å². The summed E-state index contributed by atoms with van der Waals surface area (Å²) in [5, 5.41) is 14.7. The zero-order valence-electron chi connectivity index (χ0n) is 10.3. The van der Waals surface area contributed by atoms with Gasteiger partial charge in [-0.05, 0) is 29.8 Å². The molecule has 0 unspecified atom stereocenters. The summed E-state index contributed by atoms with van der Waals surface area (Å²) < 4.78 is 0.561. The number of aryl methyl sites for hydroxylation is 2. The third-order valence-corrected chi connectivity index (χ3v) is 3.99. The highest BCUT2D eigenvalue weighted by atomic mass is 79.9. The van der Waals surface area contributed by atoms with Gasteiger partial charge in [0.2, 0.25) is 0 Å². The first-order valence-corrected chi connectivity index (χ1v) is 7.05. The third kappa shape index (κ3) is 3.27. The van der Waals surface area contributed by atoms with Gasteiger partial charge in [0.25, 0.3) is 5.69 Å². The minimum Gasteiger partial charge on any atom is -0.363 e. The standard InChI is InChI=1S/C11H11BrN4O2S/c1-6-10(15-7(2)19-6)5-14-11-9(12)3-8(4-13-11)16(17)18/h3-4H,5H2,1-2H3,(H,13,14). The molecule has 0 saturated carbocycles. The smallest absolute Gasteiger partial charge is 0.288 e. The van der Waals surface area contributed by atoms with Crippen molar-refractivity contribution in [3.8, 4) is 0 Å². The summed E-state index contributed by atoms with van der Waals surface area (Å²) in [4.78, 5) is 19.7. The van der Waals surface area contributed by atoms with Gasteiger partial charge in [-0.2, -0.15) is 0 Å². The number of rotatable bonds is 4. The molecule has 2 heterocycles. The molecule has 0 fully saturated rings. The largest absolute Gasteiger partial charge is 0.363 e. The van der Waals surface area contributed by atoms with Crippen LogP contribution >= 0.6 is 27.3 Å². The van der Waals surface area contributed by atoms with Crippen LogP contribution in [-0.2, 0) is 6.54 Å². The Balaban J connectivity index is 2.12. The van der Waals surface area contributed by atoms with Crippen LogP contribution in [0.25, 0.3) is 0 Å². The van der Waals surface area contributed by atoms with E-state index < -0.39 is 4.92 Å². The van der Waals surface area contributed by atoms with Crippen LogP contribution in [0.5, 0.6) is 0 Å². The number of nitro groups is 1. The molecule has 0 saturated heterocycles. The van der Waals surface area contributed by atoms with Crippen LogP contribution in [0.15, 0.2) is 16.7 Å². The molecule has 0 bridgehead atoms.